The van der Waals surface area contributed by atoms with Crippen molar-refractivity contribution in [2.45, 2.75) is 19.0 Å². The molecule has 1 N–H and O–H groups in total. The van der Waals surface area contributed by atoms with Crippen LogP contribution in [0.5, 0.6) is 0 Å². The zero-order chi connectivity index (χ0) is 14.5. The number of rotatable bonds is 5. The van der Waals surface area contributed by atoms with Crippen molar-refractivity contribution in [3.05, 3.63) is 41.5 Å². The van der Waals surface area contributed by atoms with E-state index < -0.39 is 5.97 Å². The van der Waals surface area contributed by atoms with E-state index >= 15 is 0 Å². The van der Waals surface area contributed by atoms with Gasteiger partial charge in [-0.05, 0) is 37.7 Å². The first-order valence-electron chi connectivity index (χ1n) is 6.94. The fourth-order valence-electron chi connectivity index (χ4n) is 2.62. The number of carboxylic acids is 1. The highest BCUT2D eigenvalue weighted by Gasteiger charge is 2.23. The molecule has 1 saturated heterocycles. The molecule has 0 spiro atoms. The van der Waals surface area contributed by atoms with Crippen molar-refractivity contribution >= 4 is 12.0 Å². The van der Waals surface area contributed by atoms with Crippen molar-refractivity contribution < 1.29 is 9.90 Å². The van der Waals surface area contributed by atoms with Gasteiger partial charge < -0.3 is 10.0 Å². The number of carbonyl (C=O) groups is 1. The van der Waals surface area contributed by atoms with Gasteiger partial charge in [0.1, 0.15) is 0 Å². The molecule has 0 amide bonds. The van der Waals surface area contributed by atoms with Crippen LogP contribution in [0.3, 0.4) is 0 Å². The van der Waals surface area contributed by atoms with Gasteiger partial charge in [0.2, 0.25) is 0 Å². The smallest absolute Gasteiger partial charge is 0.328 e. The summed E-state index contributed by atoms with van der Waals surface area (Å²) >= 11 is 0. The Balaban J connectivity index is 2.05. The Kier molecular flexibility index (Phi) is 4.93. The molecule has 2 rings (SSSR count). The standard InChI is InChI=1S/C16H22N2O2/c1-17(2)15-9-10-18(12-15)11-14-6-4-3-5-13(14)7-8-16(19)20/h3-8,15H,9-12H2,1-2H3,(H,19,20). The Labute approximate surface area is 120 Å². The summed E-state index contributed by atoms with van der Waals surface area (Å²) in [5.41, 5.74) is 2.17. The Bertz CT molecular complexity index is 497. The quantitative estimate of drug-likeness (QED) is 0.833. The lowest BCUT2D eigenvalue weighted by molar-refractivity contribution is -0.131. The second kappa shape index (κ2) is 6.68. The maximum absolute atomic E-state index is 10.6. The number of likely N-dealkylation sites (N-methyl/N-ethyl adjacent to an activating group) is 1. The molecule has 0 radical (unpaired) electrons. The van der Waals surface area contributed by atoms with Crippen LogP contribution in [0.2, 0.25) is 0 Å². The summed E-state index contributed by atoms with van der Waals surface area (Å²) in [6.07, 6.45) is 4.07. The van der Waals surface area contributed by atoms with Crippen LogP contribution < -0.4 is 0 Å². The van der Waals surface area contributed by atoms with Crippen LogP contribution in [0.15, 0.2) is 30.3 Å². The first kappa shape index (κ1) is 14.8. The average Bonchev–Trinajstić information content (AvgIpc) is 2.86. The fourth-order valence-corrected chi connectivity index (χ4v) is 2.62. The van der Waals surface area contributed by atoms with Gasteiger partial charge in [-0.3, -0.25) is 4.90 Å². The second-order valence-corrected chi connectivity index (χ2v) is 5.51. The van der Waals surface area contributed by atoms with Gasteiger partial charge >= 0.3 is 5.97 Å². The van der Waals surface area contributed by atoms with E-state index in [0.717, 1.165) is 25.2 Å². The predicted octanol–water partition coefficient (Wildman–Crippen LogP) is 1.92. The van der Waals surface area contributed by atoms with Crippen molar-refractivity contribution in [3.63, 3.8) is 0 Å². The summed E-state index contributed by atoms with van der Waals surface area (Å²) in [5, 5.41) is 8.74. The maximum Gasteiger partial charge on any atom is 0.328 e. The lowest BCUT2D eigenvalue weighted by atomic mass is 10.1. The van der Waals surface area contributed by atoms with E-state index in [0.29, 0.717) is 6.04 Å². The lowest BCUT2D eigenvalue weighted by Gasteiger charge is -2.21. The number of carboxylic acid groups (broad SMARTS) is 1. The van der Waals surface area contributed by atoms with Crippen LogP contribution in [0.1, 0.15) is 17.5 Å². The Hall–Kier alpha value is -1.65. The van der Waals surface area contributed by atoms with E-state index in [1.807, 2.05) is 18.2 Å². The van der Waals surface area contributed by atoms with E-state index in [1.165, 1.54) is 18.1 Å². The molecule has 1 heterocycles. The molecule has 108 valence electrons. The highest BCUT2D eigenvalue weighted by Crippen LogP contribution is 2.19. The Morgan fingerprint density at radius 1 is 1.45 bits per heavy atom. The van der Waals surface area contributed by atoms with Crippen molar-refractivity contribution in [2.75, 3.05) is 27.2 Å². The number of likely N-dealkylation sites (tertiary alicyclic amines) is 1. The Morgan fingerprint density at radius 3 is 2.85 bits per heavy atom. The molecule has 1 aromatic carbocycles. The molecule has 20 heavy (non-hydrogen) atoms. The minimum atomic E-state index is -0.909. The largest absolute Gasteiger partial charge is 0.478 e. The molecule has 0 aliphatic carbocycles. The molecule has 0 saturated carbocycles. The second-order valence-electron chi connectivity index (χ2n) is 5.51. The van der Waals surface area contributed by atoms with Crippen LogP contribution in [-0.2, 0) is 11.3 Å². The summed E-state index contributed by atoms with van der Waals surface area (Å²) in [4.78, 5) is 15.3. The van der Waals surface area contributed by atoms with Crippen LogP contribution in [-0.4, -0.2) is 54.1 Å². The van der Waals surface area contributed by atoms with Crippen molar-refractivity contribution in [1.82, 2.24) is 9.80 Å². The van der Waals surface area contributed by atoms with Crippen molar-refractivity contribution in [1.29, 1.82) is 0 Å². The molecule has 4 nitrogen and oxygen atoms in total. The molecular weight excluding hydrogens is 252 g/mol. The van der Waals surface area contributed by atoms with Crippen LogP contribution in [0, 0.1) is 0 Å². The number of aliphatic carboxylic acids is 1. The van der Waals surface area contributed by atoms with Crippen molar-refractivity contribution in [3.8, 4) is 0 Å². The first-order valence-corrected chi connectivity index (χ1v) is 6.94. The lowest BCUT2D eigenvalue weighted by Crippen LogP contribution is -2.31. The molecule has 4 heteroatoms. The highest BCUT2D eigenvalue weighted by molar-refractivity contribution is 5.85. The molecule has 1 aliphatic rings. The zero-order valence-corrected chi connectivity index (χ0v) is 12.1. The van der Waals surface area contributed by atoms with Gasteiger partial charge in [-0.1, -0.05) is 24.3 Å². The van der Waals surface area contributed by atoms with Gasteiger partial charge in [0, 0.05) is 31.8 Å². The van der Waals surface area contributed by atoms with Gasteiger partial charge in [-0.25, -0.2) is 4.79 Å². The van der Waals surface area contributed by atoms with Gasteiger partial charge in [0.25, 0.3) is 0 Å². The third-order valence-electron chi connectivity index (χ3n) is 3.83. The number of benzene rings is 1. The van der Waals surface area contributed by atoms with Gasteiger partial charge in [-0.2, -0.15) is 0 Å². The van der Waals surface area contributed by atoms with Gasteiger partial charge in [0.15, 0.2) is 0 Å². The minimum absolute atomic E-state index is 0.622. The number of hydrogen-bond donors (Lipinski definition) is 1. The topological polar surface area (TPSA) is 43.8 Å². The van der Waals surface area contributed by atoms with Crippen LogP contribution in [0.25, 0.3) is 6.08 Å². The van der Waals surface area contributed by atoms with Gasteiger partial charge in [-0.15, -0.1) is 0 Å². The monoisotopic (exact) mass is 274 g/mol. The number of hydrogen-bond acceptors (Lipinski definition) is 3. The van der Waals surface area contributed by atoms with E-state index in [1.54, 1.807) is 6.08 Å². The minimum Gasteiger partial charge on any atom is -0.478 e. The summed E-state index contributed by atoms with van der Waals surface area (Å²) in [6, 6.07) is 8.61. The molecule has 1 atom stereocenters. The van der Waals surface area contributed by atoms with E-state index in [9.17, 15) is 4.79 Å². The molecule has 0 bridgehead atoms. The van der Waals surface area contributed by atoms with E-state index in [4.69, 9.17) is 5.11 Å². The van der Waals surface area contributed by atoms with E-state index in [-0.39, 0.29) is 0 Å². The zero-order valence-electron chi connectivity index (χ0n) is 12.1. The maximum atomic E-state index is 10.6. The predicted molar refractivity (Wildman–Crippen MR) is 80.5 cm³/mol. The van der Waals surface area contributed by atoms with E-state index in [2.05, 4.69) is 30.0 Å². The normalized spacial score (nSPS) is 20.1. The van der Waals surface area contributed by atoms with Crippen molar-refractivity contribution in [2.24, 2.45) is 0 Å². The molecule has 1 aromatic rings. The van der Waals surface area contributed by atoms with Crippen LogP contribution in [0.4, 0.5) is 0 Å². The van der Waals surface area contributed by atoms with Crippen LogP contribution >= 0.6 is 0 Å². The summed E-state index contributed by atoms with van der Waals surface area (Å²) in [6.45, 7) is 3.05. The molecule has 0 aromatic heterocycles. The summed E-state index contributed by atoms with van der Waals surface area (Å²) in [7, 11) is 4.25. The molecule has 1 unspecified atom stereocenters. The molecular formula is C16H22N2O2. The Morgan fingerprint density at radius 2 is 2.20 bits per heavy atom. The number of nitrogens with zero attached hydrogens (tertiary/aromatic N) is 2. The fraction of sp³-hybridized carbons (Fsp3) is 0.438. The van der Waals surface area contributed by atoms with Gasteiger partial charge in [0.05, 0.1) is 0 Å². The SMILES string of the molecule is CN(C)C1CCN(Cc2ccccc2C=CC(=O)O)C1. The third-order valence-corrected chi connectivity index (χ3v) is 3.83. The molecule has 1 fully saturated rings. The summed E-state index contributed by atoms with van der Waals surface area (Å²) < 4.78 is 0. The third kappa shape index (κ3) is 3.92. The summed E-state index contributed by atoms with van der Waals surface area (Å²) in [5.74, 6) is -0.909. The first-order chi connectivity index (χ1) is 9.56. The highest BCUT2D eigenvalue weighted by atomic mass is 16.4. The average molecular weight is 274 g/mol. The molecule has 1 aliphatic heterocycles.